The number of carbonyl (C=O) groups excluding carboxylic acids is 1. The molecule has 0 saturated heterocycles. The van der Waals surface area contributed by atoms with Crippen molar-refractivity contribution in [3.63, 3.8) is 0 Å². The average molecular weight is 433 g/mol. The van der Waals surface area contributed by atoms with E-state index < -0.39 is 5.91 Å². The molecule has 3 aromatic carbocycles. The molecule has 0 aliphatic carbocycles. The summed E-state index contributed by atoms with van der Waals surface area (Å²) < 4.78 is 5.88. The Hall–Kier alpha value is -3.75. The number of halogens is 1. The summed E-state index contributed by atoms with van der Waals surface area (Å²) >= 11 is 6.19. The minimum absolute atomic E-state index is 0.00334. The van der Waals surface area contributed by atoms with Crippen LogP contribution >= 0.6 is 11.6 Å². The number of phenolic OH excluding ortho intramolecular Hbond substituents is 1. The van der Waals surface area contributed by atoms with Gasteiger partial charge in [0.25, 0.3) is 5.91 Å². The van der Waals surface area contributed by atoms with Crippen molar-refractivity contribution in [1.29, 1.82) is 5.26 Å². The smallest absolute Gasteiger partial charge is 0.262 e. The van der Waals surface area contributed by atoms with Crippen molar-refractivity contribution in [1.82, 2.24) is 5.32 Å². The Bertz CT molecular complexity index is 1140. The summed E-state index contributed by atoms with van der Waals surface area (Å²) in [6, 6.07) is 19.3. The Labute approximate surface area is 186 Å². The maximum atomic E-state index is 12.3. The zero-order valence-electron chi connectivity index (χ0n) is 17.1. The molecule has 0 saturated carbocycles. The molecule has 0 aromatic heterocycles. The minimum Gasteiger partial charge on any atom is -0.508 e. The first-order chi connectivity index (χ1) is 14.9. The molecule has 31 heavy (non-hydrogen) atoms. The molecule has 0 spiro atoms. The number of hydrogen-bond acceptors (Lipinski definition) is 4. The van der Waals surface area contributed by atoms with Crippen LogP contribution in [0, 0.1) is 25.2 Å². The quantitative estimate of drug-likeness (QED) is 0.388. The van der Waals surface area contributed by atoms with E-state index in [9.17, 15) is 15.2 Å². The predicted molar refractivity (Wildman–Crippen MR) is 121 cm³/mol. The molecule has 1 amide bonds. The second-order valence-corrected chi connectivity index (χ2v) is 7.44. The highest BCUT2D eigenvalue weighted by molar-refractivity contribution is 6.32. The molecule has 156 valence electrons. The number of nitrogens with one attached hydrogen (secondary N) is 1. The van der Waals surface area contributed by atoms with E-state index in [0.29, 0.717) is 17.1 Å². The van der Waals surface area contributed by atoms with Gasteiger partial charge in [0.15, 0.2) is 0 Å². The zero-order valence-corrected chi connectivity index (χ0v) is 17.9. The number of phenols is 1. The highest BCUT2D eigenvalue weighted by Crippen LogP contribution is 2.29. The zero-order chi connectivity index (χ0) is 22.4. The number of rotatable bonds is 6. The van der Waals surface area contributed by atoms with Gasteiger partial charge in [-0.3, -0.25) is 4.79 Å². The number of ether oxygens (including phenoxy) is 1. The van der Waals surface area contributed by atoms with Gasteiger partial charge in [0.2, 0.25) is 0 Å². The molecule has 5 nitrogen and oxygen atoms in total. The number of nitriles is 1. The van der Waals surface area contributed by atoms with Gasteiger partial charge in [-0.1, -0.05) is 35.9 Å². The van der Waals surface area contributed by atoms with E-state index >= 15 is 0 Å². The van der Waals surface area contributed by atoms with Gasteiger partial charge in [0.05, 0.1) is 0 Å². The van der Waals surface area contributed by atoms with Crippen molar-refractivity contribution in [2.24, 2.45) is 0 Å². The lowest BCUT2D eigenvalue weighted by molar-refractivity contribution is -0.117. The van der Waals surface area contributed by atoms with Crippen LogP contribution in [0.3, 0.4) is 0 Å². The Morgan fingerprint density at radius 3 is 2.26 bits per heavy atom. The summed E-state index contributed by atoms with van der Waals surface area (Å²) in [5, 5.41) is 22.1. The number of aryl methyl sites for hydroxylation is 2. The number of carbonyl (C=O) groups is 1. The first kappa shape index (κ1) is 21.9. The Balaban J connectivity index is 1.66. The van der Waals surface area contributed by atoms with Crippen molar-refractivity contribution in [3.05, 3.63) is 93.5 Å². The van der Waals surface area contributed by atoms with Crippen LogP contribution in [-0.2, 0) is 11.3 Å². The van der Waals surface area contributed by atoms with Gasteiger partial charge in [-0.15, -0.1) is 0 Å². The van der Waals surface area contributed by atoms with E-state index in [1.54, 1.807) is 48.5 Å². The fraction of sp³-hybridized carbons (Fsp3) is 0.120. The predicted octanol–water partition coefficient (Wildman–Crippen LogP) is 5.68. The van der Waals surface area contributed by atoms with E-state index in [4.69, 9.17) is 16.3 Å². The van der Waals surface area contributed by atoms with Crippen molar-refractivity contribution < 1.29 is 14.6 Å². The van der Waals surface area contributed by atoms with Crippen LogP contribution in [0.2, 0.25) is 5.02 Å². The van der Waals surface area contributed by atoms with Gasteiger partial charge in [0.1, 0.15) is 28.9 Å². The van der Waals surface area contributed by atoms with Gasteiger partial charge in [0, 0.05) is 11.6 Å². The average Bonchev–Trinajstić information content (AvgIpc) is 2.76. The first-order valence-corrected chi connectivity index (χ1v) is 9.96. The minimum atomic E-state index is -0.469. The third kappa shape index (κ3) is 5.88. The Morgan fingerprint density at radius 2 is 1.68 bits per heavy atom. The van der Waals surface area contributed by atoms with Crippen LogP contribution < -0.4 is 10.1 Å². The molecular formula is C25H21ClN2O3. The largest absolute Gasteiger partial charge is 0.508 e. The lowest BCUT2D eigenvalue weighted by Gasteiger charge is -2.10. The van der Waals surface area contributed by atoms with Crippen LogP contribution in [0.4, 0.5) is 0 Å². The molecule has 0 radical (unpaired) electrons. The van der Waals surface area contributed by atoms with Crippen LogP contribution in [-0.4, -0.2) is 11.0 Å². The monoisotopic (exact) mass is 432 g/mol. The summed E-state index contributed by atoms with van der Waals surface area (Å²) in [4.78, 5) is 12.3. The first-order valence-electron chi connectivity index (χ1n) is 9.58. The van der Waals surface area contributed by atoms with Crippen LogP contribution in [0.1, 0.15) is 22.3 Å². The number of aromatic hydroxyl groups is 1. The number of nitrogens with zero attached hydrogens (tertiary/aromatic N) is 1. The second-order valence-electron chi connectivity index (χ2n) is 7.06. The second kappa shape index (κ2) is 9.84. The molecule has 3 rings (SSSR count). The van der Waals surface area contributed by atoms with Gasteiger partial charge >= 0.3 is 0 Å². The molecular weight excluding hydrogens is 412 g/mol. The Kier molecular flexibility index (Phi) is 6.96. The molecule has 0 heterocycles. The number of hydrogen-bond donors (Lipinski definition) is 2. The summed E-state index contributed by atoms with van der Waals surface area (Å²) in [7, 11) is 0. The molecule has 0 unspecified atom stereocenters. The molecule has 6 heteroatoms. The van der Waals surface area contributed by atoms with Gasteiger partial charge in [-0.25, -0.2) is 0 Å². The van der Waals surface area contributed by atoms with E-state index in [1.165, 1.54) is 6.08 Å². The number of amides is 1. The summed E-state index contributed by atoms with van der Waals surface area (Å²) in [6.45, 7) is 4.10. The summed E-state index contributed by atoms with van der Waals surface area (Å²) in [5.74, 6) is 1.01. The van der Waals surface area contributed by atoms with Crippen molar-refractivity contribution >= 4 is 23.6 Å². The van der Waals surface area contributed by atoms with Gasteiger partial charge in [-0.05, 0) is 78.6 Å². The summed E-state index contributed by atoms with van der Waals surface area (Å²) in [5.41, 5.74) is 3.39. The van der Waals surface area contributed by atoms with Crippen molar-refractivity contribution in [3.8, 4) is 23.3 Å². The van der Waals surface area contributed by atoms with Crippen molar-refractivity contribution in [2.75, 3.05) is 0 Å². The van der Waals surface area contributed by atoms with E-state index in [1.807, 2.05) is 32.0 Å². The SMILES string of the molecule is Cc1cc(Oc2ccc(/C=C(\C#N)C(=O)NCc3ccc(O)cc3)cc2)cc(C)c1Cl. The fourth-order valence-electron chi connectivity index (χ4n) is 2.94. The third-order valence-electron chi connectivity index (χ3n) is 4.59. The fourth-order valence-corrected chi connectivity index (χ4v) is 3.05. The molecule has 0 fully saturated rings. The lowest BCUT2D eigenvalue weighted by atomic mass is 10.1. The molecule has 0 aliphatic rings. The Morgan fingerprint density at radius 1 is 1.06 bits per heavy atom. The van der Waals surface area contributed by atoms with Crippen LogP contribution in [0.5, 0.6) is 17.2 Å². The molecule has 0 atom stereocenters. The molecule has 0 bridgehead atoms. The van der Waals surface area contributed by atoms with Crippen LogP contribution in [0.15, 0.2) is 66.2 Å². The van der Waals surface area contributed by atoms with E-state index in [2.05, 4.69) is 5.32 Å². The van der Waals surface area contributed by atoms with E-state index in [0.717, 1.165) is 21.7 Å². The molecule has 3 aromatic rings. The molecule has 2 N–H and O–H groups in total. The van der Waals surface area contributed by atoms with Gasteiger partial charge < -0.3 is 15.2 Å². The van der Waals surface area contributed by atoms with Gasteiger partial charge in [-0.2, -0.15) is 5.26 Å². The standard InChI is InChI=1S/C25H21ClN2O3/c1-16-11-23(12-17(2)24(16)26)31-22-9-5-18(6-10-22)13-20(14-27)25(30)28-15-19-3-7-21(29)8-4-19/h3-13,29H,15H2,1-2H3,(H,28,30)/b20-13+. The highest BCUT2D eigenvalue weighted by atomic mass is 35.5. The normalized spacial score (nSPS) is 11.0. The third-order valence-corrected chi connectivity index (χ3v) is 5.19. The van der Waals surface area contributed by atoms with Crippen LogP contribution in [0.25, 0.3) is 6.08 Å². The maximum absolute atomic E-state index is 12.3. The molecule has 0 aliphatic heterocycles. The number of benzene rings is 3. The topological polar surface area (TPSA) is 82.3 Å². The maximum Gasteiger partial charge on any atom is 0.262 e. The van der Waals surface area contributed by atoms with E-state index in [-0.39, 0.29) is 17.9 Å². The highest BCUT2D eigenvalue weighted by Gasteiger charge is 2.09. The lowest BCUT2D eigenvalue weighted by Crippen LogP contribution is -2.23. The van der Waals surface area contributed by atoms with Crippen molar-refractivity contribution in [2.45, 2.75) is 20.4 Å². The summed E-state index contributed by atoms with van der Waals surface area (Å²) in [6.07, 6.45) is 1.52.